The SMILES string of the molecule is CN=C/C(=C\N)C(=O)N[C@@H](CCC(=O)C(=O)NC)C(=O)Nc1cccn(CC(=O)NC2C3CC4CC(C3)CC2C4)c1=O.[HH].[HH].[HH].[HH]. The Balaban J connectivity index is 0.00000506. The Kier molecular flexibility index (Phi) is 9.92. The van der Waals surface area contributed by atoms with Crippen molar-refractivity contribution in [3.8, 4) is 0 Å². The number of hydrogen-bond acceptors (Lipinski definition) is 8. The maximum atomic E-state index is 13.2. The first-order valence-electron chi connectivity index (χ1n) is 14.3. The van der Waals surface area contributed by atoms with Crippen LogP contribution in [0.15, 0.2) is 39.9 Å². The van der Waals surface area contributed by atoms with Crippen LogP contribution in [0.3, 0.4) is 0 Å². The van der Waals surface area contributed by atoms with E-state index in [9.17, 15) is 28.8 Å². The van der Waals surface area contributed by atoms with Crippen LogP contribution in [0.1, 0.15) is 50.7 Å². The minimum absolute atomic E-state index is 0. The highest BCUT2D eigenvalue weighted by molar-refractivity contribution is 6.36. The number of pyridine rings is 1. The zero-order valence-corrected chi connectivity index (χ0v) is 23.9. The van der Waals surface area contributed by atoms with Gasteiger partial charge in [0.1, 0.15) is 18.3 Å². The van der Waals surface area contributed by atoms with Gasteiger partial charge >= 0.3 is 0 Å². The van der Waals surface area contributed by atoms with Gasteiger partial charge in [0.2, 0.25) is 17.6 Å². The molecular weight excluding hydrogens is 542 g/mol. The second-order valence-corrected chi connectivity index (χ2v) is 11.4. The summed E-state index contributed by atoms with van der Waals surface area (Å²) in [6, 6.07) is 1.76. The quantitative estimate of drug-likeness (QED) is 0.135. The molecule has 0 unspecified atom stereocenters. The van der Waals surface area contributed by atoms with Crippen LogP contribution >= 0.6 is 0 Å². The van der Waals surface area contributed by atoms with Gasteiger partial charge in [-0.2, -0.15) is 0 Å². The summed E-state index contributed by atoms with van der Waals surface area (Å²) in [5, 5.41) is 10.4. The Hall–Kier alpha value is -4.29. The predicted molar refractivity (Wildman–Crippen MR) is 164 cm³/mol. The lowest BCUT2D eigenvalue weighted by Crippen LogP contribution is -2.56. The Morgan fingerprint density at radius 1 is 1.10 bits per heavy atom. The molecule has 4 aliphatic rings. The van der Waals surface area contributed by atoms with Gasteiger partial charge < -0.3 is 31.6 Å². The average molecular weight is 590 g/mol. The molecule has 1 aromatic heterocycles. The molecule has 0 saturated heterocycles. The number of aromatic nitrogens is 1. The molecule has 4 amide bonds. The van der Waals surface area contributed by atoms with Gasteiger partial charge in [0.25, 0.3) is 17.4 Å². The van der Waals surface area contributed by atoms with Gasteiger partial charge in [-0.05, 0) is 74.3 Å². The third-order valence-electron chi connectivity index (χ3n) is 8.62. The molecular formula is C29H47N7O6. The van der Waals surface area contributed by atoms with E-state index in [0.717, 1.165) is 43.7 Å². The summed E-state index contributed by atoms with van der Waals surface area (Å²) in [7, 11) is 2.74. The van der Waals surface area contributed by atoms with Crippen molar-refractivity contribution in [3.05, 3.63) is 40.5 Å². The Bertz CT molecular complexity index is 1340. The van der Waals surface area contributed by atoms with Crippen LogP contribution < -0.4 is 32.6 Å². The number of amides is 4. The Morgan fingerprint density at radius 2 is 1.76 bits per heavy atom. The number of carbonyl (C=O) groups is 5. The van der Waals surface area contributed by atoms with Crippen molar-refractivity contribution < 1.29 is 29.7 Å². The molecule has 1 heterocycles. The Labute approximate surface area is 249 Å². The van der Waals surface area contributed by atoms with Crippen LogP contribution in [0.2, 0.25) is 0 Å². The maximum absolute atomic E-state index is 13.2. The fourth-order valence-corrected chi connectivity index (χ4v) is 6.88. The first-order chi connectivity index (χ1) is 20.1. The van der Waals surface area contributed by atoms with Gasteiger partial charge in [0.15, 0.2) is 0 Å². The number of nitrogens with zero attached hydrogens (tertiary/aromatic N) is 2. The lowest BCUT2D eigenvalue weighted by Gasteiger charge is -2.54. The number of ketones is 1. The largest absolute Gasteiger partial charge is 0.404 e. The minimum Gasteiger partial charge on any atom is -0.404 e. The lowest BCUT2D eigenvalue weighted by atomic mass is 9.54. The highest BCUT2D eigenvalue weighted by atomic mass is 16.2. The van der Waals surface area contributed by atoms with Gasteiger partial charge in [0.05, 0.1) is 5.57 Å². The number of Topliss-reactive ketones (excluding diaryl/α,β-unsaturated/α-hetero) is 1. The van der Waals surface area contributed by atoms with Crippen molar-refractivity contribution in [1.29, 1.82) is 0 Å². The lowest BCUT2D eigenvalue weighted by molar-refractivity contribution is -0.137. The molecule has 0 aromatic carbocycles. The zero-order valence-electron chi connectivity index (χ0n) is 23.9. The first kappa shape index (κ1) is 30.7. The third kappa shape index (κ3) is 7.12. The van der Waals surface area contributed by atoms with Gasteiger partial charge in [-0.15, -0.1) is 0 Å². The van der Waals surface area contributed by atoms with E-state index < -0.39 is 35.1 Å². The molecule has 13 nitrogen and oxygen atoms in total. The van der Waals surface area contributed by atoms with E-state index in [2.05, 4.69) is 26.3 Å². The molecule has 4 saturated carbocycles. The van der Waals surface area contributed by atoms with Gasteiger partial charge in [-0.1, -0.05) is 0 Å². The molecule has 0 radical (unpaired) electrons. The monoisotopic (exact) mass is 589 g/mol. The first-order valence-corrected chi connectivity index (χ1v) is 14.3. The van der Waals surface area contributed by atoms with Crippen molar-refractivity contribution >= 4 is 41.3 Å². The van der Waals surface area contributed by atoms with E-state index >= 15 is 0 Å². The molecule has 1 aromatic rings. The summed E-state index contributed by atoms with van der Waals surface area (Å²) < 4.78 is 1.22. The maximum Gasteiger partial charge on any atom is 0.287 e. The highest BCUT2D eigenvalue weighted by Gasteiger charge is 2.48. The van der Waals surface area contributed by atoms with Crippen molar-refractivity contribution in [3.63, 3.8) is 0 Å². The number of hydrogen-bond donors (Lipinski definition) is 5. The molecule has 5 rings (SSSR count). The fourth-order valence-electron chi connectivity index (χ4n) is 6.88. The van der Waals surface area contributed by atoms with Gasteiger partial charge in [-0.3, -0.25) is 33.8 Å². The number of likely N-dealkylation sites (N-methyl/N-ethyl adjacent to an activating group) is 1. The van der Waals surface area contributed by atoms with E-state index in [-0.39, 0.29) is 48.3 Å². The van der Waals surface area contributed by atoms with Crippen LogP contribution in [0.5, 0.6) is 0 Å². The third-order valence-corrected chi connectivity index (χ3v) is 8.62. The topological polar surface area (TPSA) is 194 Å². The molecule has 13 heteroatoms. The highest BCUT2D eigenvalue weighted by Crippen LogP contribution is 2.53. The second-order valence-electron chi connectivity index (χ2n) is 11.4. The van der Waals surface area contributed by atoms with Crippen LogP contribution in [-0.4, -0.2) is 66.4 Å². The van der Waals surface area contributed by atoms with E-state index in [1.807, 2.05) is 0 Å². The number of aliphatic imine (C=N–C) groups is 1. The number of rotatable bonds is 12. The summed E-state index contributed by atoms with van der Waals surface area (Å²) >= 11 is 0. The second kappa shape index (κ2) is 13.6. The number of carbonyl (C=O) groups excluding carboxylic acids is 5. The van der Waals surface area contributed by atoms with Crippen molar-refractivity contribution in [2.24, 2.45) is 34.4 Å². The number of anilines is 1. The van der Waals surface area contributed by atoms with Crippen molar-refractivity contribution in [2.45, 2.75) is 63.6 Å². The van der Waals surface area contributed by atoms with E-state index in [1.54, 1.807) is 0 Å². The van der Waals surface area contributed by atoms with Crippen molar-refractivity contribution in [2.75, 3.05) is 19.4 Å². The molecule has 1 atom stereocenters. The van der Waals surface area contributed by atoms with Crippen LogP contribution in [-0.2, 0) is 30.5 Å². The van der Waals surface area contributed by atoms with Crippen LogP contribution in [0, 0.1) is 23.7 Å². The fraction of sp³-hybridized carbons (Fsp3) is 0.552. The standard InChI is InChI=1S/C29H39N7O6.4H2/c1-31-14-20(13-30)26(39)33-21(5-6-23(37)28(41)32-2)27(40)34-22-4-3-7-36(29(22)42)15-24(38)35-25-18-9-16-8-17(11-18)12-19(25)10-16;;;;/h3-4,7,13-14,16-19,21,25H,5-6,8-12,15,30H2,1-2H3,(H,32,41)(H,33,39)(H,34,40)(H,35,38);4*1H/b20-13+,31-14?;;;;/t16?,17?,18?,19?,21-,25?;;;;/m0..../s1. The minimum atomic E-state index is -1.29. The predicted octanol–water partition coefficient (Wildman–Crippen LogP) is 0.835. The van der Waals surface area contributed by atoms with Crippen molar-refractivity contribution in [1.82, 2.24) is 20.5 Å². The van der Waals surface area contributed by atoms with Crippen LogP contribution in [0.4, 0.5) is 5.69 Å². The molecule has 234 valence electrons. The zero-order chi connectivity index (χ0) is 30.4. The van der Waals surface area contributed by atoms with Gasteiger partial charge in [-0.25, -0.2) is 0 Å². The molecule has 6 N–H and O–H groups in total. The summed E-state index contributed by atoms with van der Waals surface area (Å²) in [4.78, 5) is 79.5. The summed E-state index contributed by atoms with van der Waals surface area (Å²) in [6.45, 7) is -0.201. The number of nitrogens with one attached hydrogen (secondary N) is 4. The van der Waals surface area contributed by atoms with Crippen LogP contribution in [0.25, 0.3) is 0 Å². The summed E-state index contributed by atoms with van der Waals surface area (Å²) in [5.41, 5.74) is 4.75. The molecule has 42 heavy (non-hydrogen) atoms. The van der Waals surface area contributed by atoms with E-state index in [0.29, 0.717) is 11.8 Å². The summed E-state index contributed by atoms with van der Waals surface area (Å²) in [5.74, 6) is -0.849. The molecule has 4 bridgehead atoms. The molecule has 4 aliphatic carbocycles. The number of nitrogens with two attached hydrogens (primary N) is 1. The van der Waals surface area contributed by atoms with E-state index in [4.69, 9.17) is 5.73 Å². The molecule has 4 fully saturated rings. The smallest absolute Gasteiger partial charge is 0.287 e. The molecule has 0 spiro atoms. The average Bonchev–Trinajstić information content (AvgIpc) is 2.96. The van der Waals surface area contributed by atoms with Gasteiger partial charge in [0, 0.05) is 50.9 Å². The normalized spacial score (nSPS) is 25.1. The molecule has 0 aliphatic heterocycles. The Morgan fingerprint density at radius 3 is 2.36 bits per heavy atom. The summed E-state index contributed by atoms with van der Waals surface area (Å²) in [6.07, 6.45) is 9.04. The van der Waals surface area contributed by atoms with E-state index in [1.165, 1.54) is 49.6 Å².